The molecule has 0 aliphatic heterocycles. The van der Waals surface area contributed by atoms with E-state index < -0.39 is 5.97 Å². The Bertz CT molecular complexity index is 308. The van der Waals surface area contributed by atoms with Crippen LogP contribution in [0.4, 0.5) is 0 Å². The molecule has 2 N–H and O–H groups in total. The minimum absolute atomic E-state index is 0.00230. The van der Waals surface area contributed by atoms with Gasteiger partial charge in [-0.25, -0.2) is 0 Å². The summed E-state index contributed by atoms with van der Waals surface area (Å²) < 4.78 is 5.71. The van der Waals surface area contributed by atoms with Gasteiger partial charge in [0.15, 0.2) is 0 Å². The van der Waals surface area contributed by atoms with Crippen molar-refractivity contribution in [2.24, 2.45) is 0 Å². The van der Waals surface area contributed by atoms with Gasteiger partial charge in [-0.05, 0) is 22.0 Å². The van der Waals surface area contributed by atoms with E-state index in [-0.39, 0.29) is 6.42 Å². The Labute approximate surface area is 84.0 Å². The number of aromatic nitrogens is 1. The number of methoxy groups -OCH3 is 1. The fourth-order valence-electron chi connectivity index (χ4n) is 1.05. The molecule has 5 heteroatoms. The lowest BCUT2D eigenvalue weighted by atomic mass is 10.3. The normalized spacial score (nSPS) is 10.3. The van der Waals surface area contributed by atoms with Crippen LogP contribution in [-0.2, 0) is 22.6 Å². The van der Waals surface area contributed by atoms with Crippen LogP contribution in [0.1, 0.15) is 11.3 Å². The average molecular weight is 248 g/mol. The molecule has 1 heterocycles. The summed E-state index contributed by atoms with van der Waals surface area (Å²) >= 11 is 3.28. The molecule has 0 spiro atoms. The highest BCUT2D eigenvalue weighted by atomic mass is 79.9. The minimum Gasteiger partial charge on any atom is -0.481 e. The summed E-state index contributed by atoms with van der Waals surface area (Å²) in [7, 11) is 1.59. The Kier molecular flexibility index (Phi) is 3.50. The van der Waals surface area contributed by atoms with Crippen LogP contribution in [0, 0.1) is 0 Å². The molecule has 1 rings (SSSR count). The van der Waals surface area contributed by atoms with Gasteiger partial charge in [0.2, 0.25) is 0 Å². The number of carboxylic acid groups (broad SMARTS) is 1. The van der Waals surface area contributed by atoms with E-state index in [1.807, 2.05) is 0 Å². The van der Waals surface area contributed by atoms with Crippen molar-refractivity contribution in [1.29, 1.82) is 0 Å². The summed E-state index contributed by atoms with van der Waals surface area (Å²) in [4.78, 5) is 13.3. The number of hydrogen-bond donors (Lipinski definition) is 2. The van der Waals surface area contributed by atoms with Gasteiger partial charge in [0.1, 0.15) is 0 Å². The molecule has 0 fully saturated rings. The number of H-pyrrole nitrogens is 1. The number of halogens is 1. The van der Waals surface area contributed by atoms with Crippen LogP contribution in [0.5, 0.6) is 0 Å². The van der Waals surface area contributed by atoms with E-state index in [2.05, 4.69) is 20.9 Å². The van der Waals surface area contributed by atoms with E-state index in [1.54, 1.807) is 13.2 Å². The zero-order valence-electron chi connectivity index (χ0n) is 7.13. The summed E-state index contributed by atoms with van der Waals surface area (Å²) in [6.45, 7) is 0.469. The first kappa shape index (κ1) is 10.3. The van der Waals surface area contributed by atoms with E-state index in [4.69, 9.17) is 9.84 Å². The molecular weight excluding hydrogens is 238 g/mol. The molecule has 4 nitrogen and oxygen atoms in total. The molecular formula is C8H10BrNO3. The number of aromatic amines is 1. The number of hydrogen-bond acceptors (Lipinski definition) is 2. The van der Waals surface area contributed by atoms with Gasteiger partial charge < -0.3 is 14.8 Å². The van der Waals surface area contributed by atoms with Gasteiger partial charge in [-0.15, -0.1) is 0 Å². The van der Waals surface area contributed by atoms with Crippen molar-refractivity contribution < 1.29 is 14.6 Å². The highest BCUT2D eigenvalue weighted by molar-refractivity contribution is 9.10. The van der Waals surface area contributed by atoms with Crippen molar-refractivity contribution in [3.05, 3.63) is 21.9 Å². The van der Waals surface area contributed by atoms with Crippen LogP contribution in [0.2, 0.25) is 0 Å². The van der Waals surface area contributed by atoms with Crippen LogP contribution in [0.25, 0.3) is 0 Å². The van der Waals surface area contributed by atoms with Gasteiger partial charge >= 0.3 is 5.97 Å². The smallest absolute Gasteiger partial charge is 0.309 e. The van der Waals surface area contributed by atoms with E-state index in [9.17, 15) is 4.79 Å². The molecule has 0 amide bonds. The third-order valence-corrected chi connectivity index (χ3v) is 2.25. The first-order valence-corrected chi connectivity index (χ1v) is 4.49. The fraction of sp³-hybridized carbons (Fsp3) is 0.375. The SMILES string of the molecule is COCc1cc(CC(=O)O)[nH]c1Br. The quantitative estimate of drug-likeness (QED) is 0.849. The van der Waals surface area contributed by atoms with Crippen molar-refractivity contribution in [1.82, 2.24) is 4.98 Å². The second kappa shape index (κ2) is 4.43. The number of nitrogens with one attached hydrogen (secondary N) is 1. The lowest BCUT2D eigenvalue weighted by Gasteiger charge is -1.93. The second-order valence-electron chi connectivity index (χ2n) is 2.64. The first-order chi connectivity index (χ1) is 6.13. The lowest BCUT2D eigenvalue weighted by Crippen LogP contribution is -1.99. The topological polar surface area (TPSA) is 62.3 Å². The molecule has 0 saturated heterocycles. The Morgan fingerprint density at radius 2 is 2.46 bits per heavy atom. The molecule has 0 unspecified atom stereocenters. The van der Waals surface area contributed by atoms with Gasteiger partial charge in [0, 0.05) is 18.4 Å². The maximum atomic E-state index is 10.4. The van der Waals surface area contributed by atoms with Gasteiger partial charge in [0.05, 0.1) is 17.6 Å². The molecule has 0 atom stereocenters. The molecule has 1 aromatic heterocycles. The third-order valence-electron chi connectivity index (χ3n) is 1.54. The van der Waals surface area contributed by atoms with Gasteiger partial charge in [-0.2, -0.15) is 0 Å². The molecule has 0 bridgehead atoms. The minimum atomic E-state index is -0.849. The molecule has 0 aromatic carbocycles. The summed E-state index contributed by atoms with van der Waals surface area (Å²) in [5.74, 6) is -0.849. The Morgan fingerprint density at radius 1 is 1.77 bits per heavy atom. The average Bonchev–Trinajstić information content (AvgIpc) is 2.31. The van der Waals surface area contributed by atoms with Crippen LogP contribution in [0.3, 0.4) is 0 Å². The first-order valence-electron chi connectivity index (χ1n) is 3.70. The molecule has 72 valence electrons. The van der Waals surface area contributed by atoms with Crippen LogP contribution < -0.4 is 0 Å². The number of carboxylic acids is 1. The van der Waals surface area contributed by atoms with Crippen molar-refractivity contribution in [3.63, 3.8) is 0 Å². The fourth-order valence-corrected chi connectivity index (χ4v) is 1.53. The van der Waals surface area contributed by atoms with Gasteiger partial charge in [0.25, 0.3) is 0 Å². The largest absolute Gasteiger partial charge is 0.481 e. The Balaban J connectivity index is 2.76. The predicted octanol–water partition coefficient (Wildman–Crippen LogP) is 1.55. The second-order valence-corrected chi connectivity index (χ2v) is 3.43. The highest BCUT2D eigenvalue weighted by Gasteiger charge is 2.07. The monoisotopic (exact) mass is 247 g/mol. The molecule has 0 radical (unpaired) electrons. The maximum absolute atomic E-state index is 10.4. The van der Waals surface area contributed by atoms with Crippen molar-refractivity contribution in [2.45, 2.75) is 13.0 Å². The zero-order chi connectivity index (χ0) is 9.84. The summed E-state index contributed by atoms with van der Waals surface area (Å²) in [6, 6.07) is 1.78. The maximum Gasteiger partial charge on any atom is 0.309 e. The number of carbonyl (C=O) groups is 1. The molecule has 0 saturated carbocycles. The number of aliphatic carboxylic acids is 1. The van der Waals surface area contributed by atoms with Crippen molar-refractivity contribution >= 4 is 21.9 Å². The van der Waals surface area contributed by atoms with Crippen LogP contribution >= 0.6 is 15.9 Å². The summed E-state index contributed by atoms with van der Waals surface area (Å²) in [6.07, 6.45) is 0.00230. The molecule has 0 aliphatic rings. The predicted molar refractivity (Wildman–Crippen MR) is 50.5 cm³/mol. The van der Waals surface area contributed by atoms with Crippen molar-refractivity contribution in [3.8, 4) is 0 Å². The van der Waals surface area contributed by atoms with E-state index in [1.165, 1.54) is 0 Å². The Morgan fingerprint density at radius 3 is 3.00 bits per heavy atom. The van der Waals surface area contributed by atoms with E-state index >= 15 is 0 Å². The van der Waals surface area contributed by atoms with Crippen molar-refractivity contribution in [2.75, 3.05) is 7.11 Å². The molecule has 13 heavy (non-hydrogen) atoms. The summed E-state index contributed by atoms with van der Waals surface area (Å²) in [5, 5.41) is 8.53. The van der Waals surface area contributed by atoms with Gasteiger partial charge in [-0.3, -0.25) is 4.79 Å². The van der Waals surface area contributed by atoms with Crippen LogP contribution in [0.15, 0.2) is 10.7 Å². The van der Waals surface area contributed by atoms with Crippen LogP contribution in [-0.4, -0.2) is 23.2 Å². The zero-order valence-corrected chi connectivity index (χ0v) is 8.72. The number of ether oxygens (including phenoxy) is 1. The lowest BCUT2D eigenvalue weighted by molar-refractivity contribution is -0.136. The Hall–Kier alpha value is -0.810. The highest BCUT2D eigenvalue weighted by Crippen LogP contribution is 2.18. The third kappa shape index (κ3) is 2.86. The number of rotatable bonds is 4. The molecule has 0 aliphatic carbocycles. The molecule has 1 aromatic rings. The van der Waals surface area contributed by atoms with E-state index in [0.717, 1.165) is 10.2 Å². The van der Waals surface area contributed by atoms with Gasteiger partial charge in [-0.1, -0.05) is 0 Å². The standard InChI is InChI=1S/C8H10BrNO3/c1-13-4-5-2-6(3-7(11)12)10-8(5)9/h2,10H,3-4H2,1H3,(H,11,12). The summed E-state index contributed by atoms with van der Waals surface area (Å²) in [5.41, 5.74) is 1.60. The van der Waals surface area contributed by atoms with E-state index in [0.29, 0.717) is 12.3 Å².